The first-order chi connectivity index (χ1) is 9.76. The van der Waals surface area contributed by atoms with Gasteiger partial charge in [0.05, 0.1) is 11.0 Å². The number of carbonyl (C=O) groups excluding carboxylic acids is 1. The maximum Gasteiger partial charge on any atom is 0.410 e. The smallest absolute Gasteiger partial charge is 0.410 e. The Bertz CT molecular complexity index is 547. The van der Waals surface area contributed by atoms with Gasteiger partial charge in [-0.15, -0.1) is 0 Å². The summed E-state index contributed by atoms with van der Waals surface area (Å²) in [4.78, 5) is 23.8. The Kier molecular flexibility index (Phi) is 4.02. The maximum atomic E-state index is 11.8. The molecular formula is C14H19N3O4. The standard InChI is InChI=1S/C14H19N3O4/c1-14(2,3)21-13(18)16-8-10(9-16)15-11-6-4-5-7-12(11)17(19)20/h4-7,10,15H,8-9H2,1-3H3. The SMILES string of the molecule is CC(C)(C)OC(=O)N1CC(Nc2ccccc2[N+](=O)[O-])C1. The first-order valence-corrected chi connectivity index (χ1v) is 6.74. The number of benzene rings is 1. The number of rotatable bonds is 3. The fourth-order valence-electron chi connectivity index (χ4n) is 2.02. The summed E-state index contributed by atoms with van der Waals surface area (Å²) < 4.78 is 5.25. The molecule has 2 rings (SSSR count). The lowest BCUT2D eigenvalue weighted by molar-refractivity contribution is -0.384. The van der Waals surface area contributed by atoms with Gasteiger partial charge < -0.3 is 15.0 Å². The highest BCUT2D eigenvalue weighted by atomic mass is 16.6. The van der Waals surface area contributed by atoms with Crippen LogP contribution in [-0.2, 0) is 4.74 Å². The van der Waals surface area contributed by atoms with Gasteiger partial charge in [-0.05, 0) is 26.8 Å². The first-order valence-electron chi connectivity index (χ1n) is 6.74. The van der Waals surface area contributed by atoms with Gasteiger partial charge in [0.25, 0.3) is 5.69 Å². The van der Waals surface area contributed by atoms with Gasteiger partial charge in [-0.2, -0.15) is 0 Å². The maximum absolute atomic E-state index is 11.8. The van der Waals surface area contributed by atoms with Gasteiger partial charge in [-0.3, -0.25) is 10.1 Å². The zero-order chi connectivity index (χ0) is 15.6. The molecule has 21 heavy (non-hydrogen) atoms. The van der Waals surface area contributed by atoms with Crippen molar-refractivity contribution in [1.29, 1.82) is 0 Å². The van der Waals surface area contributed by atoms with Gasteiger partial charge in [0.2, 0.25) is 0 Å². The molecule has 0 unspecified atom stereocenters. The number of nitrogens with zero attached hydrogens (tertiary/aromatic N) is 2. The number of ether oxygens (including phenoxy) is 1. The molecule has 1 aliphatic rings. The van der Waals surface area contributed by atoms with Gasteiger partial charge in [-0.1, -0.05) is 12.1 Å². The third kappa shape index (κ3) is 3.84. The third-order valence-electron chi connectivity index (χ3n) is 2.99. The largest absolute Gasteiger partial charge is 0.444 e. The van der Waals surface area contributed by atoms with Crippen LogP contribution in [0.15, 0.2) is 24.3 Å². The topological polar surface area (TPSA) is 84.7 Å². The van der Waals surface area contributed by atoms with Crippen molar-refractivity contribution in [3.8, 4) is 0 Å². The Morgan fingerprint density at radius 2 is 2.00 bits per heavy atom. The number of hydrogen-bond donors (Lipinski definition) is 1. The molecule has 0 saturated carbocycles. The Morgan fingerprint density at radius 3 is 2.57 bits per heavy atom. The molecule has 1 aromatic carbocycles. The number of nitro benzene ring substituents is 1. The predicted molar refractivity (Wildman–Crippen MR) is 78.3 cm³/mol. The minimum Gasteiger partial charge on any atom is -0.444 e. The second kappa shape index (κ2) is 5.59. The molecule has 1 heterocycles. The average molecular weight is 293 g/mol. The van der Waals surface area contributed by atoms with Crippen LogP contribution >= 0.6 is 0 Å². The highest BCUT2D eigenvalue weighted by Crippen LogP contribution is 2.26. The first kappa shape index (κ1) is 15.1. The van der Waals surface area contributed by atoms with Crippen LogP contribution in [0.4, 0.5) is 16.2 Å². The van der Waals surface area contributed by atoms with E-state index in [0.29, 0.717) is 18.8 Å². The van der Waals surface area contributed by atoms with Crippen molar-refractivity contribution in [1.82, 2.24) is 4.90 Å². The molecule has 1 N–H and O–H groups in total. The lowest BCUT2D eigenvalue weighted by Gasteiger charge is -2.40. The van der Waals surface area contributed by atoms with Gasteiger partial charge in [-0.25, -0.2) is 4.79 Å². The highest BCUT2D eigenvalue weighted by molar-refractivity contribution is 5.70. The molecule has 0 spiro atoms. The monoisotopic (exact) mass is 293 g/mol. The van der Waals surface area contributed by atoms with Crippen LogP contribution in [0.3, 0.4) is 0 Å². The van der Waals surface area contributed by atoms with E-state index < -0.39 is 10.5 Å². The van der Waals surface area contributed by atoms with Crippen molar-refractivity contribution < 1.29 is 14.5 Å². The molecule has 0 atom stereocenters. The van der Waals surface area contributed by atoms with E-state index in [2.05, 4.69) is 5.32 Å². The molecule has 1 fully saturated rings. The molecule has 1 aromatic rings. The Hall–Kier alpha value is -2.31. The summed E-state index contributed by atoms with van der Waals surface area (Å²) in [7, 11) is 0. The van der Waals surface area contributed by atoms with Crippen molar-refractivity contribution in [3.63, 3.8) is 0 Å². The van der Waals surface area contributed by atoms with Crippen molar-refractivity contribution in [2.75, 3.05) is 18.4 Å². The summed E-state index contributed by atoms with van der Waals surface area (Å²) >= 11 is 0. The van der Waals surface area contributed by atoms with Crippen LogP contribution in [0.1, 0.15) is 20.8 Å². The number of amides is 1. The molecule has 1 aliphatic heterocycles. The van der Waals surface area contributed by atoms with E-state index in [9.17, 15) is 14.9 Å². The van der Waals surface area contributed by atoms with E-state index in [0.717, 1.165) is 0 Å². The summed E-state index contributed by atoms with van der Waals surface area (Å²) in [5, 5.41) is 14.0. The summed E-state index contributed by atoms with van der Waals surface area (Å²) in [6, 6.07) is 6.47. The molecule has 1 amide bonds. The summed E-state index contributed by atoms with van der Waals surface area (Å²) in [5.74, 6) is 0. The highest BCUT2D eigenvalue weighted by Gasteiger charge is 2.34. The van der Waals surface area contributed by atoms with Crippen LogP contribution in [0, 0.1) is 10.1 Å². The third-order valence-corrected chi connectivity index (χ3v) is 2.99. The van der Waals surface area contributed by atoms with Crippen molar-refractivity contribution in [3.05, 3.63) is 34.4 Å². The van der Waals surface area contributed by atoms with Crippen LogP contribution in [0.25, 0.3) is 0 Å². The molecule has 1 saturated heterocycles. The Labute approximate surface area is 123 Å². The fourth-order valence-corrected chi connectivity index (χ4v) is 2.02. The van der Waals surface area contributed by atoms with Gasteiger partial charge >= 0.3 is 6.09 Å². The number of anilines is 1. The average Bonchev–Trinajstić information content (AvgIpc) is 2.31. The molecule has 0 radical (unpaired) electrons. The zero-order valence-electron chi connectivity index (χ0n) is 12.3. The van der Waals surface area contributed by atoms with E-state index in [1.165, 1.54) is 6.07 Å². The molecule has 0 aliphatic carbocycles. The van der Waals surface area contributed by atoms with E-state index >= 15 is 0 Å². The van der Waals surface area contributed by atoms with Crippen LogP contribution in [0.5, 0.6) is 0 Å². The zero-order valence-corrected chi connectivity index (χ0v) is 12.3. The lowest BCUT2D eigenvalue weighted by Crippen LogP contribution is -2.57. The number of hydrogen-bond acceptors (Lipinski definition) is 5. The molecule has 114 valence electrons. The van der Waals surface area contributed by atoms with E-state index in [-0.39, 0.29) is 17.8 Å². The summed E-state index contributed by atoms with van der Waals surface area (Å²) in [5.41, 5.74) is -0.0158. The van der Waals surface area contributed by atoms with Gasteiger partial charge in [0.15, 0.2) is 0 Å². The second-order valence-corrected chi connectivity index (χ2v) is 6.00. The Morgan fingerprint density at radius 1 is 1.38 bits per heavy atom. The Balaban J connectivity index is 1.89. The van der Waals surface area contributed by atoms with Crippen molar-refractivity contribution in [2.45, 2.75) is 32.4 Å². The summed E-state index contributed by atoms with van der Waals surface area (Å²) in [6.45, 7) is 6.39. The quantitative estimate of drug-likeness (QED) is 0.684. The minimum atomic E-state index is -0.520. The molecule has 0 bridgehead atoms. The lowest BCUT2D eigenvalue weighted by atomic mass is 10.1. The predicted octanol–water partition coefficient (Wildman–Crippen LogP) is 2.63. The second-order valence-electron chi connectivity index (χ2n) is 6.00. The normalized spacial score (nSPS) is 15.3. The summed E-state index contributed by atoms with van der Waals surface area (Å²) in [6.07, 6.45) is -0.358. The number of nitrogens with one attached hydrogen (secondary N) is 1. The molecule has 7 heteroatoms. The van der Waals surface area contributed by atoms with E-state index in [4.69, 9.17) is 4.74 Å². The van der Waals surface area contributed by atoms with Crippen LogP contribution < -0.4 is 5.32 Å². The number of nitro groups is 1. The van der Waals surface area contributed by atoms with Crippen LogP contribution in [0.2, 0.25) is 0 Å². The molecule has 7 nitrogen and oxygen atoms in total. The van der Waals surface area contributed by atoms with Gasteiger partial charge in [0, 0.05) is 19.2 Å². The minimum absolute atomic E-state index is 0.00128. The van der Waals surface area contributed by atoms with Crippen molar-refractivity contribution >= 4 is 17.5 Å². The number of likely N-dealkylation sites (tertiary alicyclic amines) is 1. The van der Waals surface area contributed by atoms with E-state index in [1.54, 1.807) is 23.1 Å². The molecule has 0 aromatic heterocycles. The van der Waals surface area contributed by atoms with Crippen LogP contribution in [-0.4, -0.2) is 40.6 Å². The van der Waals surface area contributed by atoms with E-state index in [1.807, 2.05) is 20.8 Å². The number of para-hydroxylation sites is 2. The number of carbonyl (C=O) groups is 1. The van der Waals surface area contributed by atoms with Crippen molar-refractivity contribution in [2.24, 2.45) is 0 Å². The van der Waals surface area contributed by atoms with Gasteiger partial charge in [0.1, 0.15) is 11.3 Å². The molecular weight excluding hydrogens is 274 g/mol. The fraction of sp³-hybridized carbons (Fsp3) is 0.500.